The number of aryl methyl sites for hydroxylation is 1. The van der Waals surface area contributed by atoms with Gasteiger partial charge in [0, 0.05) is 23.9 Å². The highest BCUT2D eigenvalue weighted by molar-refractivity contribution is 5.29. The van der Waals surface area contributed by atoms with Gasteiger partial charge in [0.2, 0.25) is 0 Å². The van der Waals surface area contributed by atoms with Gasteiger partial charge >= 0.3 is 0 Å². The lowest BCUT2D eigenvalue weighted by atomic mass is 10.0. The molecular formula is C16H31N3O. The molecule has 1 aromatic heterocycles. The molecule has 4 nitrogen and oxygen atoms in total. The van der Waals surface area contributed by atoms with E-state index in [-0.39, 0.29) is 6.04 Å². The first kappa shape index (κ1) is 17.2. The maximum absolute atomic E-state index is 6.10. The molecule has 1 unspecified atom stereocenters. The van der Waals surface area contributed by atoms with Crippen molar-refractivity contribution in [3.8, 4) is 0 Å². The number of nitrogens with two attached hydrogens (primary N) is 1. The van der Waals surface area contributed by atoms with E-state index in [0.29, 0.717) is 5.92 Å². The average Bonchev–Trinajstić information content (AvgIpc) is 2.75. The predicted molar refractivity (Wildman–Crippen MR) is 83.9 cm³/mol. The Hall–Kier alpha value is -0.870. The summed E-state index contributed by atoms with van der Waals surface area (Å²) < 4.78 is 7.79. The minimum Gasteiger partial charge on any atom is -0.380 e. The Bertz CT molecular complexity index is 397. The van der Waals surface area contributed by atoms with Gasteiger partial charge in [0.15, 0.2) is 0 Å². The third-order valence-electron chi connectivity index (χ3n) is 3.59. The summed E-state index contributed by atoms with van der Waals surface area (Å²) >= 11 is 0. The highest BCUT2D eigenvalue weighted by atomic mass is 16.5. The second kappa shape index (κ2) is 8.42. The Morgan fingerprint density at radius 2 is 1.85 bits per heavy atom. The molecule has 0 aliphatic heterocycles. The van der Waals surface area contributed by atoms with Gasteiger partial charge in [-0.05, 0) is 32.1 Å². The summed E-state index contributed by atoms with van der Waals surface area (Å²) in [6.07, 6.45) is 3.02. The first-order valence-corrected chi connectivity index (χ1v) is 7.92. The molecule has 20 heavy (non-hydrogen) atoms. The van der Waals surface area contributed by atoms with Gasteiger partial charge in [-0.25, -0.2) is 0 Å². The molecule has 1 heterocycles. The van der Waals surface area contributed by atoms with Crippen molar-refractivity contribution in [1.29, 1.82) is 0 Å². The van der Waals surface area contributed by atoms with Crippen molar-refractivity contribution >= 4 is 0 Å². The zero-order chi connectivity index (χ0) is 15.1. The number of hydrogen-bond acceptors (Lipinski definition) is 3. The van der Waals surface area contributed by atoms with E-state index in [4.69, 9.17) is 15.6 Å². The van der Waals surface area contributed by atoms with Gasteiger partial charge in [-0.15, -0.1) is 0 Å². The van der Waals surface area contributed by atoms with E-state index >= 15 is 0 Å². The van der Waals surface area contributed by atoms with Crippen LogP contribution in [0.2, 0.25) is 0 Å². The van der Waals surface area contributed by atoms with E-state index in [1.807, 2.05) is 6.92 Å². The van der Waals surface area contributed by atoms with Crippen molar-refractivity contribution in [2.45, 2.75) is 66.5 Å². The summed E-state index contributed by atoms with van der Waals surface area (Å²) in [6, 6.07) is 0.0514. The first-order valence-electron chi connectivity index (χ1n) is 7.92. The Morgan fingerprint density at radius 3 is 2.35 bits per heavy atom. The second-order valence-electron chi connectivity index (χ2n) is 5.82. The summed E-state index contributed by atoms with van der Waals surface area (Å²) in [4.78, 5) is 0. The molecule has 0 fully saturated rings. The van der Waals surface area contributed by atoms with E-state index in [2.05, 4.69) is 32.4 Å². The van der Waals surface area contributed by atoms with Crippen molar-refractivity contribution in [3.63, 3.8) is 0 Å². The van der Waals surface area contributed by atoms with E-state index < -0.39 is 0 Å². The van der Waals surface area contributed by atoms with Crippen molar-refractivity contribution in [3.05, 3.63) is 17.0 Å². The predicted octanol–water partition coefficient (Wildman–Crippen LogP) is 3.09. The van der Waals surface area contributed by atoms with Crippen LogP contribution in [-0.4, -0.2) is 23.0 Å². The van der Waals surface area contributed by atoms with Crippen LogP contribution >= 0.6 is 0 Å². The van der Waals surface area contributed by atoms with Crippen LogP contribution in [0.5, 0.6) is 0 Å². The Morgan fingerprint density at radius 1 is 1.15 bits per heavy atom. The fourth-order valence-electron chi connectivity index (χ4n) is 2.48. The quantitative estimate of drug-likeness (QED) is 0.708. The molecule has 1 aromatic rings. The summed E-state index contributed by atoms with van der Waals surface area (Å²) in [7, 11) is 0. The van der Waals surface area contributed by atoms with Gasteiger partial charge in [-0.3, -0.25) is 4.68 Å². The van der Waals surface area contributed by atoms with Gasteiger partial charge in [0.05, 0.1) is 18.8 Å². The number of ether oxygens (including phenoxy) is 1. The molecule has 0 amide bonds. The molecule has 0 radical (unpaired) electrons. The summed E-state index contributed by atoms with van der Waals surface area (Å²) in [5, 5.41) is 4.71. The molecule has 0 bridgehead atoms. The average molecular weight is 281 g/mol. The molecule has 0 aliphatic carbocycles. The van der Waals surface area contributed by atoms with E-state index in [9.17, 15) is 0 Å². The summed E-state index contributed by atoms with van der Waals surface area (Å²) in [5.41, 5.74) is 9.74. The summed E-state index contributed by atoms with van der Waals surface area (Å²) in [5.74, 6) is 0.697. The number of nitrogens with zero attached hydrogens (tertiary/aromatic N) is 2. The minimum absolute atomic E-state index is 0.0514. The van der Waals surface area contributed by atoms with Gasteiger partial charge in [0.25, 0.3) is 0 Å². The molecular weight excluding hydrogens is 250 g/mol. The third-order valence-corrected chi connectivity index (χ3v) is 3.59. The lowest BCUT2D eigenvalue weighted by Crippen LogP contribution is -2.13. The SMILES string of the molecule is CCc1nn(CCOCCC(C)C)c(CC)c1C(C)N. The third kappa shape index (κ3) is 4.60. The van der Waals surface area contributed by atoms with E-state index in [0.717, 1.165) is 44.7 Å². The molecule has 4 heteroatoms. The van der Waals surface area contributed by atoms with Crippen molar-refractivity contribution in [2.75, 3.05) is 13.2 Å². The van der Waals surface area contributed by atoms with Crippen LogP contribution in [0, 0.1) is 5.92 Å². The Kier molecular flexibility index (Phi) is 7.24. The Labute approximate surface area is 123 Å². The highest BCUT2D eigenvalue weighted by Crippen LogP contribution is 2.22. The molecule has 0 aliphatic rings. The summed E-state index contributed by atoms with van der Waals surface area (Å²) in [6.45, 7) is 13.2. The molecule has 0 aromatic carbocycles. The topological polar surface area (TPSA) is 53.1 Å². The van der Waals surface area contributed by atoms with Crippen LogP contribution in [0.3, 0.4) is 0 Å². The van der Waals surface area contributed by atoms with Crippen molar-refractivity contribution in [2.24, 2.45) is 11.7 Å². The highest BCUT2D eigenvalue weighted by Gasteiger charge is 2.17. The van der Waals surface area contributed by atoms with Crippen LogP contribution in [0.4, 0.5) is 0 Å². The van der Waals surface area contributed by atoms with Crippen LogP contribution in [-0.2, 0) is 24.1 Å². The zero-order valence-electron chi connectivity index (χ0n) is 13.8. The smallest absolute Gasteiger partial charge is 0.0672 e. The van der Waals surface area contributed by atoms with Crippen LogP contribution < -0.4 is 5.73 Å². The van der Waals surface area contributed by atoms with Crippen molar-refractivity contribution in [1.82, 2.24) is 9.78 Å². The zero-order valence-corrected chi connectivity index (χ0v) is 13.8. The first-order chi connectivity index (χ1) is 9.51. The van der Waals surface area contributed by atoms with E-state index in [1.54, 1.807) is 0 Å². The van der Waals surface area contributed by atoms with Gasteiger partial charge in [-0.1, -0.05) is 27.7 Å². The minimum atomic E-state index is 0.0514. The van der Waals surface area contributed by atoms with Crippen LogP contribution in [0.15, 0.2) is 0 Å². The number of rotatable bonds is 9. The maximum atomic E-state index is 6.10. The molecule has 2 N–H and O–H groups in total. The standard InChI is InChI=1S/C16H31N3O/c1-6-14-16(13(5)17)15(7-2)19(18-14)9-11-20-10-8-12(3)4/h12-13H,6-11,17H2,1-5H3. The Balaban J connectivity index is 2.65. The molecule has 0 saturated heterocycles. The van der Waals surface area contributed by atoms with Crippen molar-refractivity contribution < 1.29 is 4.74 Å². The maximum Gasteiger partial charge on any atom is 0.0672 e. The van der Waals surface area contributed by atoms with Crippen LogP contribution in [0.25, 0.3) is 0 Å². The van der Waals surface area contributed by atoms with Gasteiger partial charge < -0.3 is 10.5 Å². The molecule has 0 saturated carbocycles. The normalized spacial score (nSPS) is 13.2. The molecule has 116 valence electrons. The fraction of sp³-hybridized carbons (Fsp3) is 0.812. The molecule has 0 spiro atoms. The van der Waals surface area contributed by atoms with Gasteiger partial charge in [-0.2, -0.15) is 5.10 Å². The fourth-order valence-corrected chi connectivity index (χ4v) is 2.48. The van der Waals surface area contributed by atoms with Gasteiger partial charge in [0.1, 0.15) is 0 Å². The molecule has 1 rings (SSSR count). The lowest BCUT2D eigenvalue weighted by Gasteiger charge is -2.11. The lowest BCUT2D eigenvalue weighted by molar-refractivity contribution is 0.113. The monoisotopic (exact) mass is 281 g/mol. The van der Waals surface area contributed by atoms with E-state index in [1.165, 1.54) is 11.3 Å². The molecule has 1 atom stereocenters. The number of hydrogen-bond donors (Lipinski definition) is 1. The van der Waals surface area contributed by atoms with Crippen LogP contribution in [0.1, 0.15) is 64.0 Å². The largest absolute Gasteiger partial charge is 0.380 e. The number of aromatic nitrogens is 2. The second-order valence-corrected chi connectivity index (χ2v) is 5.82.